The van der Waals surface area contributed by atoms with Crippen LogP contribution in [0, 0.1) is 0 Å². The molecule has 0 saturated carbocycles. The zero-order valence-corrected chi connectivity index (χ0v) is 11.2. The Hall–Kier alpha value is -3.08. The lowest BCUT2D eigenvalue weighted by Gasteiger charge is -2.08. The van der Waals surface area contributed by atoms with Crippen LogP contribution in [0.4, 0.5) is 11.9 Å². The van der Waals surface area contributed by atoms with Gasteiger partial charge in [-0.05, 0) is 6.07 Å². The minimum Gasteiger partial charge on any atom is -0.348 e. The third-order valence-corrected chi connectivity index (χ3v) is 2.73. The second kappa shape index (κ2) is 5.50. The van der Waals surface area contributed by atoms with Crippen molar-refractivity contribution in [2.24, 2.45) is 12.9 Å². The Morgan fingerprint density at radius 1 is 1.19 bits per heavy atom. The number of nitrogens with zero attached hydrogens (tertiary/aromatic N) is 8. The summed E-state index contributed by atoms with van der Waals surface area (Å²) in [6.45, 7) is 0.515. The molecule has 0 aliphatic carbocycles. The molecule has 21 heavy (non-hydrogen) atoms. The summed E-state index contributed by atoms with van der Waals surface area (Å²) in [6.07, 6.45) is 4.60. The lowest BCUT2D eigenvalue weighted by molar-refractivity contribution is 0.717. The molecule has 0 aliphatic rings. The molecule has 3 heterocycles. The maximum atomic E-state index is 5.37. The van der Waals surface area contributed by atoms with Gasteiger partial charge in [0.1, 0.15) is 12.7 Å². The van der Waals surface area contributed by atoms with Gasteiger partial charge in [-0.3, -0.25) is 10.1 Å². The van der Waals surface area contributed by atoms with Crippen molar-refractivity contribution in [2.75, 3.05) is 10.7 Å². The number of rotatable bonds is 5. The number of aromatic nitrogens is 8. The molecule has 108 valence electrons. The van der Waals surface area contributed by atoms with E-state index in [4.69, 9.17) is 5.84 Å². The molecule has 0 amide bonds. The number of anilines is 2. The van der Waals surface area contributed by atoms with Crippen LogP contribution in [0.25, 0.3) is 5.95 Å². The van der Waals surface area contributed by atoms with Crippen LogP contribution in [0.3, 0.4) is 0 Å². The molecule has 0 saturated heterocycles. The number of nitrogen functional groups attached to an aromatic ring is 1. The highest BCUT2D eigenvalue weighted by molar-refractivity contribution is 5.37. The van der Waals surface area contributed by atoms with E-state index in [1.807, 2.05) is 13.1 Å². The first-order valence-electron chi connectivity index (χ1n) is 6.04. The van der Waals surface area contributed by atoms with Gasteiger partial charge in [-0.25, -0.2) is 10.8 Å². The van der Waals surface area contributed by atoms with Crippen molar-refractivity contribution >= 4 is 11.9 Å². The van der Waals surface area contributed by atoms with Crippen LogP contribution in [0.15, 0.2) is 24.9 Å². The molecule has 0 fully saturated rings. The second-order valence-corrected chi connectivity index (χ2v) is 4.07. The Labute approximate surface area is 119 Å². The number of nitrogens with two attached hydrogens (primary N) is 1. The molecule has 11 nitrogen and oxygen atoms in total. The Balaban J connectivity index is 1.84. The van der Waals surface area contributed by atoms with Crippen molar-refractivity contribution in [2.45, 2.75) is 6.54 Å². The van der Waals surface area contributed by atoms with Crippen molar-refractivity contribution < 1.29 is 0 Å². The average molecular weight is 287 g/mol. The van der Waals surface area contributed by atoms with E-state index >= 15 is 0 Å². The van der Waals surface area contributed by atoms with E-state index in [-0.39, 0.29) is 5.95 Å². The Bertz CT molecular complexity index is 716. The van der Waals surface area contributed by atoms with E-state index in [9.17, 15) is 0 Å². The highest BCUT2D eigenvalue weighted by Crippen LogP contribution is 2.08. The fourth-order valence-corrected chi connectivity index (χ4v) is 1.67. The topological polar surface area (TPSA) is 137 Å². The quantitative estimate of drug-likeness (QED) is 0.402. The average Bonchev–Trinajstić information content (AvgIpc) is 3.16. The molecule has 4 N–H and O–H groups in total. The first kappa shape index (κ1) is 12.9. The fraction of sp³-hybridized carbons (Fsp3) is 0.200. The molecule has 0 atom stereocenters. The molecule has 0 unspecified atom stereocenters. The third-order valence-electron chi connectivity index (χ3n) is 2.73. The number of hydrazine groups is 1. The van der Waals surface area contributed by atoms with Gasteiger partial charge in [0, 0.05) is 13.2 Å². The van der Waals surface area contributed by atoms with E-state index in [2.05, 4.69) is 40.9 Å². The standard InChI is InChI=1S/C10H13N11/c1-20-7(2-3-14-20)4-13-8-16-9(19-11)18-10(17-8)21-6-12-5-15-21/h2-3,5-6H,4,11H2,1H3,(H2,13,16,17,18,19). The normalized spacial score (nSPS) is 10.6. The molecule has 3 rings (SSSR count). The van der Waals surface area contributed by atoms with Gasteiger partial charge in [0.2, 0.25) is 11.9 Å². The van der Waals surface area contributed by atoms with Crippen molar-refractivity contribution in [3.8, 4) is 5.95 Å². The van der Waals surface area contributed by atoms with Crippen LogP contribution in [-0.4, -0.2) is 39.5 Å². The monoisotopic (exact) mass is 287 g/mol. The summed E-state index contributed by atoms with van der Waals surface area (Å²) in [6, 6.07) is 1.90. The Morgan fingerprint density at radius 2 is 2.05 bits per heavy atom. The first-order valence-corrected chi connectivity index (χ1v) is 6.04. The van der Waals surface area contributed by atoms with Gasteiger partial charge in [-0.15, -0.1) is 0 Å². The van der Waals surface area contributed by atoms with E-state index in [1.165, 1.54) is 17.3 Å². The van der Waals surface area contributed by atoms with Gasteiger partial charge in [-0.1, -0.05) is 0 Å². The predicted molar refractivity (Wildman–Crippen MR) is 73.1 cm³/mol. The Kier molecular flexibility index (Phi) is 3.39. The molecule has 0 aromatic carbocycles. The lowest BCUT2D eigenvalue weighted by Crippen LogP contribution is -2.16. The van der Waals surface area contributed by atoms with E-state index in [0.29, 0.717) is 18.4 Å². The van der Waals surface area contributed by atoms with Crippen molar-refractivity contribution in [3.63, 3.8) is 0 Å². The fourth-order valence-electron chi connectivity index (χ4n) is 1.67. The van der Waals surface area contributed by atoms with E-state index in [1.54, 1.807) is 10.9 Å². The first-order chi connectivity index (χ1) is 10.3. The highest BCUT2D eigenvalue weighted by Gasteiger charge is 2.08. The largest absolute Gasteiger partial charge is 0.348 e. The van der Waals surface area contributed by atoms with Crippen LogP contribution in [0.5, 0.6) is 0 Å². The van der Waals surface area contributed by atoms with Crippen molar-refractivity contribution in [1.82, 2.24) is 39.5 Å². The van der Waals surface area contributed by atoms with Crippen molar-refractivity contribution in [3.05, 3.63) is 30.6 Å². The van der Waals surface area contributed by atoms with Gasteiger partial charge in [0.25, 0.3) is 5.95 Å². The van der Waals surface area contributed by atoms with Crippen LogP contribution in [0.1, 0.15) is 5.69 Å². The molecule has 0 spiro atoms. The molecule has 11 heteroatoms. The minimum atomic E-state index is 0.225. The van der Waals surface area contributed by atoms with Crippen molar-refractivity contribution in [1.29, 1.82) is 0 Å². The summed E-state index contributed by atoms with van der Waals surface area (Å²) >= 11 is 0. The zero-order valence-electron chi connectivity index (χ0n) is 11.2. The molecule has 0 aliphatic heterocycles. The predicted octanol–water partition coefficient (Wildman–Crippen LogP) is -0.916. The summed E-state index contributed by atoms with van der Waals surface area (Å²) in [5.41, 5.74) is 3.38. The summed E-state index contributed by atoms with van der Waals surface area (Å²) in [5, 5.41) is 11.1. The van der Waals surface area contributed by atoms with Crippen LogP contribution < -0.4 is 16.6 Å². The maximum absolute atomic E-state index is 5.37. The number of aryl methyl sites for hydroxylation is 1. The molecule has 3 aromatic rings. The van der Waals surface area contributed by atoms with E-state index < -0.39 is 0 Å². The number of hydrogen-bond donors (Lipinski definition) is 3. The third kappa shape index (κ3) is 2.76. The lowest BCUT2D eigenvalue weighted by atomic mass is 10.4. The zero-order chi connectivity index (χ0) is 14.7. The highest BCUT2D eigenvalue weighted by atomic mass is 15.4. The summed E-state index contributed by atoms with van der Waals surface area (Å²) in [5.74, 6) is 6.26. The van der Waals surface area contributed by atoms with Gasteiger partial charge in [0.05, 0.1) is 12.2 Å². The summed E-state index contributed by atoms with van der Waals surface area (Å²) < 4.78 is 3.17. The second-order valence-electron chi connectivity index (χ2n) is 4.07. The van der Waals surface area contributed by atoms with Crippen LogP contribution >= 0.6 is 0 Å². The summed E-state index contributed by atoms with van der Waals surface area (Å²) in [7, 11) is 1.86. The number of nitrogens with one attached hydrogen (secondary N) is 2. The van der Waals surface area contributed by atoms with Crippen LogP contribution in [0.2, 0.25) is 0 Å². The van der Waals surface area contributed by atoms with Gasteiger partial charge in [0.15, 0.2) is 0 Å². The summed E-state index contributed by atoms with van der Waals surface area (Å²) in [4.78, 5) is 16.3. The van der Waals surface area contributed by atoms with Gasteiger partial charge >= 0.3 is 0 Å². The molecule has 3 aromatic heterocycles. The number of hydrogen-bond acceptors (Lipinski definition) is 9. The Morgan fingerprint density at radius 3 is 2.71 bits per heavy atom. The van der Waals surface area contributed by atoms with E-state index in [0.717, 1.165) is 5.69 Å². The molecule has 0 radical (unpaired) electrons. The van der Waals surface area contributed by atoms with Crippen LogP contribution in [-0.2, 0) is 13.6 Å². The molecule has 0 bridgehead atoms. The molecular formula is C10H13N11. The smallest absolute Gasteiger partial charge is 0.258 e. The van der Waals surface area contributed by atoms with Gasteiger partial charge in [-0.2, -0.15) is 29.8 Å². The maximum Gasteiger partial charge on any atom is 0.258 e. The molecular weight excluding hydrogens is 274 g/mol. The minimum absolute atomic E-state index is 0.225. The van der Waals surface area contributed by atoms with Gasteiger partial charge < -0.3 is 5.32 Å². The SMILES string of the molecule is Cn1nccc1CNc1nc(NN)nc(-n2cncn2)n1.